The Bertz CT molecular complexity index is 876. The normalized spacial score (nSPS) is 16.0. The minimum atomic E-state index is 0.500. The maximum Gasteiger partial charge on any atom is 0.191 e. The molecule has 1 aliphatic heterocycles. The summed E-state index contributed by atoms with van der Waals surface area (Å²) >= 11 is 1.67. The number of guanidine groups is 1. The lowest BCUT2D eigenvalue weighted by Crippen LogP contribution is -2.51. The van der Waals surface area contributed by atoms with Gasteiger partial charge in [0.05, 0.1) is 12.2 Å². The van der Waals surface area contributed by atoms with E-state index in [1.54, 1.807) is 11.3 Å². The van der Waals surface area contributed by atoms with Crippen molar-refractivity contribution in [2.24, 2.45) is 10.7 Å². The lowest BCUT2D eigenvalue weighted by Gasteiger charge is -2.35. The van der Waals surface area contributed by atoms with Crippen molar-refractivity contribution in [3.05, 3.63) is 47.4 Å². The van der Waals surface area contributed by atoms with E-state index in [4.69, 9.17) is 5.73 Å². The largest absolute Gasteiger partial charge is 0.370 e. The summed E-state index contributed by atoms with van der Waals surface area (Å²) in [6.45, 7) is 6.12. The highest BCUT2D eigenvalue weighted by atomic mass is 32.1. The molecule has 2 N–H and O–H groups in total. The van der Waals surface area contributed by atoms with E-state index in [0.717, 1.165) is 48.3 Å². The topological polar surface area (TPSA) is 75.0 Å². The van der Waals surface area contributed by atoms with Gasteiger partial charge in [-0.3, -0.25) is 0 Å². The first kappa shape index (κ1) is 15.9. The first-order valence-corrected chi connectivity index (χ1v) is 9.21. The Balaban J connectivity index is 1.39. The van der Waals surface area contributed by atoms with Gasteiger partial charge >= 0.3 is 0 Å². The lowest BCUT2D eigenvalue weighted by molar-refractivity contribution is 0.380. The van der Waals surface area contributed by atoms with Crippen LogP contribution >= 0.6 is 11.3 Å². The summed E-state index contributed by atoms with van der Waals surface area (Å²) in [7, 11) is 0. The molecule has 1 aliphatic rings. The molecule has 0 aliphatic carbocycles. The second kappa shape index (κ2) is 6.72. The van der Waals surface area contributed by atoms with Gasteiger partial charge in [0.15, 0.2) is 11.1 Å². The van der Waals surface area contributed by atoms with E-state index in [1.807, 2.05) is 29.9 Å². The summed E-state index contributed by atoms with van der Waals surface area (Å²) in [4.78, 5) is 17.9. The van der Waals surface area contributed by atoms with Crippen LogP contribution in [0, 0.1) is 6.92 Å². The zero-order valence-corrected chi connectivity index (χ0v) is 15.0. The zero-order valence-electron chi connectivity index (χ0n) is 14.2. The Kier molecular flexibility index (Phi) is 4.27. The second-order valence-corrected chi connectivity index (χ2v) is 6.96. The SMILES string of the molecule is Cc1cccc2nc(CN=C(N)N3CCN(c4nccs4)CC3)cn12. The predicted molar refractivity (Wildman–Crippen MR) is 101 cm³/mol. The summed E-state index contributed by atoms with van der Waals surface area (Å²) in [6, 6.07) is 6.08. The van der Waals surface area contributed by atoms with E-state index in [2.05, 4.69) is 42.2 Å². The van der Waals surface area contributed by atoms with Gasteiger partial charge < -0.3 is 19.9 Å². The minimum Gasteiger partial charge on any atom is -0.370 e. The van der Waals surface area contributed by atoms with E-state index < -0.39 is 0 Å². The van der Waals surface area contributed by atoms with Gasteiger partial charge in [0.25, 0.3) is 0 Å². The van der Waals surface area contributed by atoms with Crippen molar-refractivity contribution in [3.8, 4) is 0 Å². The highest BCUT2D eigenvalue weighted by Gasteiger charge is 2.19. The molecule has 1 fully saturated rings. The number of imidazole rings is 1. The van der Waals surface area contributed by atoms with E-state index in [0.29, 0.717) is 12.5 Å². The maximum atomic E-state index is 6.19. The van der Waals surface area contributed by atoms with Crippen LogP contribution in [0.2, 0.25) is 0 Å². The van der Waals surface area contributed by atoms with Crippen LogP contribution in [0.25, 0.3) is 5.65 Å². The molecule has 25 heavy (non-hydrogen) atoms. The summed E-state index contributed by atoms with van der Waals surface area (Å²) in [5.41, 5.74) is 9.23. The molecule has 3 aromatic heterocycles. The van der Waals surface area contributed by atoms with Crippen LogP contribution < -0.4 is 10.6 Å². The fraction of sp³-hybridized carbons (Fsp3) is 0.353. The first-order valence-electron chi connectivity index (χ1n) is 8.33. The highest BCUT2D eigenvalue weighted by molar-refractivity contribution is 7.13. The number of fused-ring (bicyclic) bond motifs is 1. The maximum absolute atomic E-state index is 6.19. The van der Waals surface area contributed by atoms with Crippen LogP contribution in [0.4, 0.5) is 5.13 Å². The molecule has 1 saturated heterocycles. The Hall–Kier alpha value is -2.61. The average Bonchev–Trinajstić information content (AvgIpc) is 3.30. The number of rotatable bonds is 3. The molecule has 0 bridgehead atoms. The molecular formula is C17H21N7S. The molecule has 0 radical (unpaired) electrons. The van der Waals surface area contributed by atoms with Crippen molar-refractivity contribution in [1.29, 1.82) is 0 Å². The number of thiazole rings is 1. The van der Waals surface area contributed by atoms with Crippen molar-refractivity contribution in [3.63, 3.8) is 0 Å². The summed E-state index contributed by atoms with van der Waals surface area (Å²) in [5.74, 6) is 0.590. The molecule has 0 saturated carbocycles. The smallest absolute Gasteiger partial charge is 0.191 e. The molecule has 3 aromatic rings. The number of nitrogens with zero attached hydrogens (tertiary/aromatic N) is 6. The van der Waals surface area contributed by atoms with Gasteiger partial charge in [-0.2, -0.15) is 0 Å². The van der Waals surface area contributed by atoms with E-state index in [9.17, 15) is 0 Å². The number of hydrogen-bond acceptors (Lipinski definition) is 5. The molecule has 0 atom stereocenters. The molecule has 4 heterocycles. The van der Waals surface area contributed by atoms with Crippen molar-refractivity contribution in [1.82, 2.24) is 19.3 Å². The van der Waals surface area contributed by atoms with Gasteiger partial charge in [0.1, 0.15) is 5.65 Å². The van der Waals surface area contributed by atoms with Gasteiger partial charge in [0.2, 0.25) is 0 Å². The predicted octanol–water partition coefficient (Wildman–Crippen LogP) is 1.74. The van der Waals surface area contributed by atoms with Gasteiger partial charge in [-0.05, 0) is 19.1 Å². The molecule has 8 heteroatoms. The monoisotopic (exact) mass is 355 g/mol. The molecule has 0 spiro atoms. The number of hydrogen-bond donors (Lipinski definition) is 1. The van der Waals surface area contributed by atoms with Crippen LogP contribution in [-0.4, -0.2) is 51.4 Å². The van der Waals surface area contributed by atoms with Crippen molar-refractivity contribution in [2.45, 2.75) is 13.5 Å². The van der Waals surface area contributed by atoms with Crippen molar-refractivity contribution in [2.75, 3.05) is 31.1 Å². The Labute approximate surface area is 150 Å². The number of aliphatic imine (C=N–C) groups is 1. The molecule has 7 nitrogen and oxygen atoms in total. The molecule has 0 unspecified atom stereocenters. The first-order chi connectivity index (χ1) is 12.2. The van der Waals surface area contributed by atoms with Gasteiger partial charge in [0, 0.05) is 49.6 Å². The third-order valence-electron chi connectivity index (χ3n) is 4.44. The van der Waals surface area contributed by atoms with Crippen molar-refractivity contribution >= 4 is 28.1 Å². The zero-order chi connectivity index (χ0) is 17.2. The fourth-order valence-corrected chi connectivity index (χ4v) is 3.73. The number of aryl methyl sites for hydroxylation is 1. The quantitative estimate of drug-likeness (QED) is 0.572. The standard InChI is InChI=1S/C17H21N7S/c1-13-3-2-4-15-21-14(12-24(13)15)11-20-16(18)22-6-8-23(9-7-22)17-19-5-10-25-17/h2-5,10,12H,6-9,11H2,1H3,(H2,18,20). The Morgan fingerprint density at radius 1 is 1.28 bits per heavy atom. The molecule has 0 aromatic carbocycles. The van der Waals surface area contributed by atoms with Gasteiger partial charge in [-0.1, -0.05) is 6.07 Å². The Morgan fingerprint density at radius 2 is 2.12 bits per heavy atom. The summed E-state index contributed by atoms with van der Waals surface area (Å²) in [6.07, 6.45) is 3.88. The number of aromatic nitrogens is 3. The average molecular weight is 355 g/mol. The van der Waals surface area contributed by atoms with E-state index in [1.165, 1.54) is 0 Å². The number of piperazine rings is 1. The molecule has 130 valence electrons. The van der Waals surface area contributed by atoms with E-state index >= 15 is 0 Å². The fourth-order valence-electron chi connectivity index (χ4n) is 3.04. The van der Waals surface area contributed by atoms with Crippen LogP contribution in [-0.2, 0) is 6.54 Å². The molecule has 0 amide bonds. The number of nitrogens with two attached hydrogens (primary N) is 1. The minimum absolute atomic E-state index is 0.500. The second-order valence-electron chi connectivity index (χ2n) is 6.09. The highest BCUT2D eigenvalue weighted by Crippen LogP contribution is 2.18. The van der Waals surface area contributed by atoms with Crippen LogP contribution in [0.15, 0.2) is 41.0 Å². The number of pyridine rings is 1. The molecular weight excluding hydrogens is 334 g/mol. The third-order valence-corrected chi connectivity index (χ3v) is 5.27. The lowest BCUT2D eigenvalue weighted by atomic mass is 10.3. The summed E-state index contributed by atoms with van der Waals surface area (Å²) < 4.78 is 2.08. The van der Waals surface area contributed by atoms with Crippen molar-refractivity contribution < 1.29 is 0 Å². The molecule has 4 rings (SSSR count). The Morgan fingerprint density at radius 3 is 2.84 bits per heavy atom. The number of anilines is 1. The van der Waals surface area contributed by atoms with Gasteiger partial charge in [-0.15, -0.1) is 11.3 Å². The van der Waals surface area contributed by atoms with Crippen LogP contribution in [0.3, 0.4) is 0 Å². The van der Waals surface area contributed by atoms with E-state index in [-0.39, 0.29) is 0 Å². The van der Waals surface area contributed by atoms with Gasteiger partial charge in [-0.25, -0.2) is 15.0 Å². The summed E-state index contributed by atoms with van der Waals surface area (Å²) in [5, 5.41) is 3.09. The third kappa shape index (κ3) is 3.30. The van der Waals surface area contributed by atoms with Crippen LogP contribution in [0.5, 0.6) is 0 Å². The van der Waals surface area contributed by atoms with Crippen LogP contribution in [0.1, 0.15) is 11.4 Å².